The molecule has 2 aromatic heterocycles. The number of nitrogens with zero attached hydrogens (tertiary/aromatic N) is 1. The zero-order valence-electron chi connectivity index (χ0n) is 24.2. The molecule has 45 heavy (non-hydrogen) atoms. The van der Waals surface area contributed by atoms with Crippen molar-refractivity contribution in [1.82, 2.24) is 4.57 Å². The van der Waals surface area contributed by atoms with Gasteiger partial charge >= 0.3 is 0 Å². The van der Waals surface area contributed by atoms with Crippen molar-refractivity contribution >= 4 is 69.2 Å². The Morgan fingerprint density at radius 2 is 0.956 bits per heavy atom. The van der Waals surface area contributed by atoms with Gasteiger partial charge in [-0.1, -0.05) is 125 Å². The number of benzene rings is 7. The van der Waals surface area contributed by atoms with Gasteiger partial charge in [-0.15, -0.1) is 11.3 Å². The van der Waals surface area contributed by atoms with Crippen LogP contribution in [0.2, 0.25) is 0 Å². The van der Waals surface area contributed by atoms with Crippen molar-refractivity contribution in [2.24, 2.45) is 0 Å². The van der Waals surface area contributed by atoms with E-state index in [4.69, 9.17) is 0 Å². The molecule has 212 valence electrons. The zero-order chi connectivity index (χ0) is 29.9. The Balaban J connectivity index is 1.21. The zero-order valence-corrected chi connectivity index (χ0v) is 26.6. The second-order valence-corrected chi connectivity index (χ2v) is 13.4. The third kappa shape index (κ3) is 4.42. The van der Waals surface area contributed by atoms with E-state index in [1.807, 2.05) is 11.3 Å². The lowest BCUT2D eigenvalue weighted by atomic mass is 9.99. The first-order chi connectivity index (χ1) is 22.2. The molecule has 2 heterocycles. The van der Waals surface area contributed by atoms with Crippen molar-refractivity contribution in [2.45, 2.75) is 0 Å². The van der Waals surface area contributed by atoms with Gasteiger partial charge in [-0.25, -0.2) is 0 Å². The minimum absolute atomic E-state index is 1.11. The van der Waals surface area contributed by atoms with Gasteiger partial charge in [0.05, 0.1) is 11.0 Å². The van der Waals surface area contributed by atoms with Crippen LogP contribution in [-0.2, 0) is 0 Å². The van der Waals surface area contributed by atoms with Crippen molar-refractivity contribution < 1.29 is 0 Å². The molecule has 0 N–H and O–H groups in total. The van der Waals surface area contributed by atoms with Crippen LogP contribution in [0.5, 0.6) is 0 Å². The third-order valence-electron chi connectivity index (χ3n) is 8.89. The van der Waals surface area contributed by atoms with Crippen molar-refractivity contribution in [3.63, 3.8) is 0 Å². The van der Waals surface area contributed by atoms with Gasteiger partial charge in [-0.3, -0.25) is 0 Å². The van der Waals surface area contributed by atoms with Crippen LogP contribution >= 0.6 is 27.3 Å². The lowest BCUT2D eigenvalue weighted by molar-refractivity contribution is 1.18. The predicted octanol–water partition coefficient (Wildman–Crippen LogP) is 12.9. The number of hydrogen-bond donors (Lipinski definition) is 0. The van der Waals surface area contributed by atoms with E-state index >= 15 is 0 Å². The van der Waals surface area contributed by atoms with E-state index in [0.29, 0.717) is 0 Å². The number of aromatic nitrogens is 1. The average Bonchev–Trinajstić information content (AvgIpc) is 3.63. The molecule has 0 amide bonds. The van der Waals surface area contributed by atoms with Crippen LogP contribution in [0, 0.1) is 0 Å². The smallest absolute Gasteiger partial charge is 0.0547 e. The fourth-order valence-corrected chi connectivity index (χ4v) is 8.28. The van der Waals surface area contributed by atoms with E-state index in [1.165, 1.54) is 75.4 Å². The van der Waals surface area contributed by atoms with Crippen LogP contribution < -0.4 is 0 Å². The van der Waals surface area contributed by atoms with Crippen LogP contribution in [0.15, 0.2) is 162 Å². The Kier molecular flexibility index (Phi) is 6.22. The summed E-state index contributed by atoms with van der Waals surface area (Å²) < 4.78 is 6.19. The third-order valence-corrected chi connectivity index (χ3v) is 10.7. The van der Waals surface area contributed by atoms with Crippen molar-refractivity contribution in [3.8, 4) is 39.1 Å². The Morgan fingerprint density at radius 1 is 0.400 bits per heavy atom. The summed E-state index contributed by atoms with van der Waals surface area (Å²) in [6, 6.07) is 57.5. The number of thiophene rings is 1. The van der Waals surface area contributed by atoms with Gasteiger partial charge in [-0.2, -0.15) is 0 Å². The highest BCUT2D eigenvalue weighted by Gasteiger charge is 2.15. The Hall–Kier alpha value is -4.96. The van der Waals surface area contributed by atoms with Crippen LogP contribution in [0.4, 0.5) is 0 Å². The fraction of sp³-hybridized carbons (Fsp3) is 0. The molecule has 0 aliphatic rings. The van der Waals surface area contributed by atoms with E-state index in [1.54, 1.807) is 0 Å². The van der Waals surface area contributed by atoms with Crippen LogP contribution in [0.25, 0.3) is 81.0 Å². The summed E-state index contributed by atoms with van der Waals surface area (Å²) in [5.41, 5.74) is 10.9. The SMILES string of the molecule is Brc1ccccc1-c1ccc(-c2ccc3c4ccc(-c5ccc6sc7ccccc7c6c5)cc4n(-c4ccccc4)c3c2)cc1. The molecular formula is C42H26BrNS. The molecule has 3 heteroatoms. The molecule has 0 saturated heterocycles. The van der Waals surface area contributed by atoms with E-state index in [0.717, 1.165) is 10.2 Å². The number of fused-ring (bicyclic) bond motifs is 6. The summed E-state index contributed by atoms with van der Waals surface area (Å²) >= 11 is 5.57. The number of para-hydroxylation sites is 1. The molecule has 0 aliphatic heterocycles. The highest BCUT2D eigenvalue weighted by atomic mass is 79.9. The van der Waals surface area contributed by atoms with Crippen molar-refractivity contribution in [2.75, 3.05) is 0 Å². The molecule has 0 bridgehead atoms. The van der Waals surface area contributed by atoms with E-state index in [-0.39, 0.29) is 0 Å². The molecule has 0 fully saturated rings. The second-order valence-electron chi connectivity index (χ2n) is 11.5. The first-order valence-electron chi connectivity index (χ1n) is 15.1. The maximum Gasteiger partial charge on any atom is 0.0547 e. The summed E-state index contributed by atoms with van der Waals surface area (Å²) in [6.07, 6.45) is 0. The predicted molar refractivity (Wildman–Crippen MR) is 198 cm³/mol. The summed E-state index contributed by atoms with van der Waals surface area (Å²) in [6.45, 7) is 0. The van der Waals surface area contributed by atoms with Gasteiger partial charge in [0.25, 0.3) is 0 Å². The first kappa shape index (κ1) is 26.4. The standard InChI is InChI=1S/C42H26BrNS/c43-38-12-6-4-10-33(38)28-16-14-27(15-17-28)30-18-21-34-35-22-19-31(26-40(35)44(39(34)25-30)32-8-2-1-3-9-32)29-20-23-42-37(24-29)36-11-5-7-13-41(36)45-42/h1-26H. The molecule has 1 nitrogen and oxygen atoms in total. The van der Waals surface area contributed by atoms with Gasteiger partial charge in [0.1, 0.15) is 0 Å². The first-order valence-corrected chi connectivity index (χ1v) is 16.7. The lowest BCUT2D eigenvalue weighted by Gasteiger charge is -2.10. The van der Waals surface area contributed by atoms with Gasteiger partial charge in [0.2, 0.25) is 0 Å². The van der Waals surface area contributed by atoms with Gasteiger partial charge < -0.3 is 4.57 Å². The molecule has 0 atom stereocenters. The lowest BCUT2D eigenvalue weighted by Crippen LogP contribution is -1.93. The molecule has 0 radical (unpaired) electrons. The summed E-state index contributed by atoms with van der Waals surface area (Å²) in [4.78, 5) is 0. The van der Waals surface area contributed by atoms with E-state index in [9.17, 15) is 0 Å². The van der Waals surface area contributed by atoms with Crippen LogP contribution in [-0.4, -0.2) is 4.57 Å². The molecule has 9 rings (SSSR count). The Bertz CT molecular complexity index is 2540. The van der Waals surface area contributed by atoms with Crippen molar-refractivity contribution in [1.29, 1.82) is 0 Å². The van der Waals surface area contributed by atoms with Crippen LogP contribution in [0.1, 0.15) is 0 Å². The fourth-order valence-electron chi connectivity index (χ4n) is 6.68. The highest BCUT2D eigenvalue weighted by molar-refractivity contribution is 9.10. The molecule has 0 spiro atoms. The van der Waals surface area contributed by atoms with Crippen molar-refractivity contribution in [3.05, 3.63) is 162 Å². The Morgan fingerprint density at radius 3 is 1.71 bits per heavy atom. The molecule has 0 saturated carbocycles. The maximum absolute atomic E-state index is 3.71. The maximum atomic E-state index is 3.71. The second kappa shape index (κ2) is 10.6. The molecule has 0 aliphatic carbocycles. The molecule has 9 aromatic rings. The summed E-state index contributed by atoms with van der Waals surface area (Å²) in [7, 11) is 0. The average molecular weight is 657 g/mol. The van der Waals surface area contributed by atoms with Gasteiger partial charge in [-0.05, 0) is 81.9 Å². The minimum atomic E-state index is 1.11. The molecule has 0 unspecified atom stereocenters. The number of halogens is 1. The molecule has 7 aromatic carbocycles. The van der Waals surface area contributed by atoms with E-state index < -0.39 is 0 Å². The summed E-state index contributed by atoms with van der Waals surface area (Å²) in [5, 5.41) is 5.17. The van der Waals surface area contributed by atoms with Crippen LogP contribution in [0.3, 0.4) is 0 Å². The number of rotatable bonds is 4. The highest BCUT2D eigenvalue weighted by Crippen LogP contribution is 2.40. The summed E-state index contributed by atoms with van der Waals surface area (Å²) in [5.74, 6) is 0. The van der Waals surface area contributed by atoms with Gasteiger partial charge in [0, 0.05) is 41.1 Å². The largest absolute Gasteiger partial charge is 0.309 e. The number of hydrogen-bond acceptors (Lipinski definition) is 1. The monoisotopic (exact) mass is 655 g/mol. The Labute approximate surface area is 273 Å². The van der Waals surface area contributed by atoms with E-state index in [2.05, 4.69) is 178 Å². The normalized spacial score (nSPS) is 11.7. The quantitative estimate of drug-likeness (QED) is 0.178. The minimum Gasteiger partial charge on any atom is -0.309 e. The van der Waals surface area contributed by atoms with Gasteiger partial charge in [0.15, 0.2) is 0 Å². The topological polar surface area (TPSA) is 4.93 Å². The molecular weight excluding hydrogens is 630 g/mol.